The Morgan fingerprint density at radius 2 is 1.15 bits per heavy atom. The third-order valence-electron chi connectivity index (χ3n) is 6.35. The van der Waals surface area contributed by atoms with Crippen molar-refractivity contribution in [3.05, 3.63) is 124 Å². The van der Waals surface area contributed by atoms with Crippen LogP contribution in [0.1, 0.15) is 12.5 Å². The van der Waals surface area contributed by atoms with E-state index in [1.54, 1.807) is 7.05 Å². The largest absolute Gasteiger partial charge is 0.364 e. The fourth-order valence-corrected chi connectivity index (χ4v) is 8.82. The number of hydrogen-bond acceptors (Lipinski definition) is 4. The van der Waals surface area contributed by atoms with E-state index in [-0.39, 0.29) is 0 Å². The normalized spacial score (nSPS) is 11.9. The highest BCUT2D eigenvalue weighted by Crippen LogP contribution is 2.54. The number of rotatable bonds is 9. The van der Waals surface area contributed by atoms with E-state index >= 15 is 0 Å². The van der Waals surface area contributed by atoms with Crippen LogP contribution in [0.15, 0.2) is 125 Å². The Bertz CT molecular complexity index is 1420. The third-order valence-corrected chi connectivity index (χ3v) is 11.8. The van der Waals surface area contributed by atoms with Gasteiger partial charge in [-0.3, -0.25) is 10.9 Å². The molecule has 0 spiro atoms. The third kappa shape index (κ3) is 7.95. The molecule has 41 heavy (non-hydrogen) atoms. The highest BCUT2D eigenvalue weighted by molar-refractivity contribution is 14.1. The van der Waals surface area contributed by atoms with Crippen LogP contribution in [-0.2, 0) is 0 Å². The van der Waals surface area contributed by atoms with Crippen LogP contribution < -0.4 is 37.4 Å². The Balaban J connectivity index is 1.61. The van der Waals surface area contributed by atoms with Gasteiger partial charge in [0.1, 0.15) is 35.2 Å². The van der Waals surface area contributed by atoms with Crippen LogP contribution >= 0.6 is 54.3 Å². The Kier molecular flexibility index (Phi) is 11.3. The molecular weight excluding hydrogens is 678 g/mol. The number of nitrogens with one attached hydrogen (secondary N) is 4. The van der Waals surface area contributed by atoms with E-state index in [4.69, 9.17) is 24.4 Å². The lowest BCUT2D eigenvalue weighted by molar-refractivity contribution is 0.957. The summed E-state index contributed by atoms with van der Waals surface area (Å²) in [6.07, 6.45) is 0.626. The number of nitrogens with zero attached hydrogens (tertiary/aromatic N) is 2. The molecule has 0 atom stereocenters. The molecule has 4 aromatic carbocycles. The lowest BCUT2D eigenvalue weighted by Gasteiger charge is -2.28. The second-order valence-corrected chi connectivity index (χ2v) is 14.5. The van der Waals surface area contributed by atoms with E-state index in [1.807, 2.05) is 31.2 Å². The van der Waals surface area contributed by atoms with Crippen LogP contribution in [0.5, 0.6) is 0 Å². The van der Waals surface area contributed by atoms with Gasteiger partial charge in [0.05, 0.1) is 5.71 Å². The van der Waals surface area contributed by atoms with Crippen LogP contribution in [0.25, 0.3) is 0 Å². The molecule has 4 aromatic rings. The summed E-state index contributed by atoms with van der Waals surface area (Å²) in [5, 5.41) is 20.1. The minimum Gasteiger partial charge on any atom is -0.364 e. The zero-order chi connectivity index (χ0) is 29.1. The van der Waals surface area contributed by atoms with Crippen LogP contribution in [0, 0.1) is 3.57 Å². The van der Waals surface area contributed by atoms with Crippen molar-refractivity contribution in [3.8, 4) is 0 Å². The van der Waals surface area contributed by atoms with Gasteiger partial charge in [0.15, 0.2) is 10.2 Å². The highest BCUT2D eigenvalue weighted by Gasteiger charge is 2.45. The van der Waals surface area contributed by atoms with Crippen molar-refractivity contribution in [3.63, 3.8) is 0 Å². The van der Waals surface area contributed by atoms with Crippen LogP contribution in [0.3, 0.4) is 0 Å². The zero-order valence-electron chi connectivity index (χ0n) is 22.7. The van der Waals surface area contributed by atoms with E-state index in [1.165, 1.54) is 15.9 Å². The standard InChI is InChI=1S/C31H30IN6PS2/c1-23(29(36-37-30(40)33-2)24-18-20-25(32)21-19-24)35-38-31(41)34-22-39(26-12-6-3-7-13-26,27-14-8-4-9-15-27)28-16-10-5-11-17-28/h3-21H,22H2,1-2H3,(H3-,33,34,35,36,37,38,40,41)/p+1. The van der Waals surface area contributed by atoms with Gasteiger partial charge in [-0.1, -0.05) is 66.7 Å². The Morgan fingerprint density at radius 3 is 1.61 bits per heavy atom. The second-order valence-electron chi connectivity index (χ2n) is 8.95. The molecule has 4 rings (SSSR count). The number of hydrogen-bond donors (Lipinski definition) is 4. The van der Waals surface area contributed by atoms with Gasteiger partial charge in [0.25, 0.3) is 0 Å². The van der Waals surface area contributed by atoms with Gasteiger partial charge in [-0.05, 0) is 102 Å². The first-order valence-electron chi connectivity index (χ1n) is 12.9. The van der Waals surface area contributed by atoms with Crippen molar-refractivity contribution in [2.75, 3.05) is 13.3 Å². The van der Waals surface area contributed by atoms with Crippen molar-refractivity contribution in [1.82, 2.24) is 21.5 Å². The number of benzene rings is 4. The molecule has 208 valence electrons. The minimum absolute atomic E-state index is 0.411. The summed E-state index contributed by atoms with van der Waals surface area (Å²) < 4.78 is 1.13. The van der Waals surface area contributed by atoms with Gasteiger partial charge in [0, 0.05) is 16.2 Å². The van der Waals surface area contributed by atoms with Crippen LogP contribution in [0.4, 0.5) is 0 Å². The average Bonchev–Trinajstić information content (AvgIpc) is 3.02. The summed E-state index contributed by atoms with van der Waals surface area (Å²) >= 11 is 13.2. The summed E-state index contributed by atoms with van der Waals surface area (Å²) in [6, 6.07) is 40.0. The highest BCUT2D eigenvalue weighted by atomic mass is 127. The van der Waals surface area contributed by atoms with Crippen LogP contribution in [-0.4, -0.2) is 35.0 Å². The first-order chi connectivity index (χ1) is 19.9. The molecule has 4 N–H and O–H groups in total. The van der Waals surface area contributed by atoms with Gasteiger partial charge in [-0.25, -0.2) is 0 Å². The molecule has 0 amide bonds. The average molecular weight is 710 g/mol. The van der Waals surface area contributed by atoms with E-state index in [9.17, 15) is 0 Å². The summed E-state index contributed by atoms with van der Waals surface area (Å²) in [7, 11) is -0.353. The topological polar surface area (TPSA) is 72.8 Å². The molecule has 0 unspecified atom stereocenters. The SMILES string of the molecule is CNC(=S)N/N=C(/C(C)=N/NC(=S)NC[P+](c1ccccc1)(c1ccccc1)c1ccccc1)c1ccc(I)cc1. The fraction of sp³-hybridized carbons (Fsp3) is 0.0968. The maximum absolute atomic E-state index is 5.74. The Hall–Kier alpha value is -3.24. The van der Waals surface area contributed by atoms with Gasteiger partial charge in [0.2, 0.25) is 0 Å². The van der Waals surface area contributed by atoms with Gasteiger partial charge < -0.3 is 10.6 Å². The summed E-state index contributed by atoms with van der Waals surface area (Å²) in [5.41, 5.74) is 8.11. The minimum atomic E-state index is -2.09. The molecule has 6 nitrogen and oxygen atoms in total. The molecule has 0 aromatic heterocycles. The maximum Gasteiger partial charge on any atom is 0.189 e. The van der Waals surface area contributed by atoms with Crippen molar-refractivity contribution < 1.29 is 0 Å². The monoisotopic (exact) mass is 709 g/mol. The van der Waals surface area contributed by atoms with Crippen molar-refractivity contribution in [1.29, 1.82) is 0 Å². The second kappa shape index (κ2) is 15.1. The molecule has 0 aliphatic heterocycles. The predicted octanol–water partition coefficient (Wildman–Crippen LogP) is 4.88. The van der Waals surface area contributed by atoms with Gasteiger partial charge in [-0.15, -0.1) is 0 Å². The first kappa shape index (κ1) is 30.7. The molecule has 0 heterocycles. The summed E-state index contributed by atoms with van der Waals surface area (Å²) in [5.74, 6) is 0. The molecule has 0 saturated carbocycles. The van der Waals surface area contributed by atoms with Gasteiger partial charge in [-0.2, -0.15) is 10.2 Å². The Labute approximate surface area is 266 Å². The van der Waals surface area contributed by atoms with E-state index in [0.29, 0.717) is 27.9 Å². The van der Waals surface area contributed by atoms with E-state index < -0.39 is 7.26 Å². The fourth-order valence-electron chi connectivity index (χ4n) is 4.31. The molecule has 0 aliphatic carbocycles. The first-order valence-corrected chi connectivity index (χ1v) is 16.8. The molecule has 0 fully saturated rings. The number of hydrazone groups is 2. The number of halogens is 1. The zero-order valence-corrected chi connectivity index (χ0v) is 27.4. The van der Waals surface area contributed by atoms with E-state index in [0.717, 1.165) is 9.13 Å². The molecule has 0 radical (unpaired) electrons. The predicted molar refractivity (Wildman–Crippen MR) is 192 cm³/mol. The maximum atomic E-state index is 5.74. The lowest BCUT2D eigenvalue weighted by atomic mass is 10.1. The molecule has 0 bridgehead atoms. The summed E-state index contributed by atoms with van der Waals surface area (Å²) in [4.78, 5) is 0. The molecule has 0 aliphatic rings. The number of thiocarbonyl (C=S) groups is 2. The van der Waals surface area contributed by atoms with Crippen molar-refractivity contribution >= 4 is 91.9 Å². The smallest absolute Gasteiger partial charge is 0.189 e. The molecule has 10 heteroatoms. The van der Waals surface area contributed by atoms with Gasteiger partial charge >= 0.3 is 0 Å². The van der Waals surface area contributed by atoms with Crippen molar-refractivity contribution in [2.45, 2.75) is 6.92 Å². The lowest BCUT2D eigenvalue weighted by Crippen LogP contribution is -2.42. The molecule has 0 saturated heterocycles. The summed E-state index contributed by atoms with van der Waals surface area (Å²) in [6.45, 7) is 1.88. The molecular formula is C31H31IN6PS2+. The Morgan fingerprint density at radius 1 is 0.683 bits per heavy atom. The quantitative estimate of drug-likeness (QED) is 0.0654. The van der Waals surface area contributed by atoms with Crippen LogP contribution in [0.2, 0.25) is 0 Å². The van der Waals surface area contributed by atoms with E-state index in [2.05, 4.69) is 145 Å². The van der Waals surface area contributed by atoms with Crippen molar-refractivity contribution in [2.24, 2.45) is 10.2 Å².